The second-order valence-electron chi connectivity index (χ2n) is 6.29. The third-order valence-electron chi connectivity index (χ3n) is 1.99. The molecule has 0 fully saturated rings. The number of benzene rings is 1. The highest BCUT2D eigenvalue weighted by Gasteiger charge is 2.17. The zero-order chi connectivity index (χ0) is 13.8. The lowest BCUT2D eigenvalue weighted by molar-refractivity contribution is 0.806. The highest BCUT2D eigenvalue weighted by atomic mass is 32.2. The molecule has 0 atom stereocenters. The van der Waals surface area contributed by atoms with Gasteiger partial charge in [-0.05, 0) is 11.0 Å². The Balaban J connectivity index is 2.96. The maximum atomic E-state index is 2.31. The molecule has 0 amide bonds. The largest absolute Gasteiger partial charge is 0.127 e. The van der Waals surface area contributed by atoms with E-state index in [0.717, 1.165) is 0 Å². The summed E-state index contributed by atoms with van der Waals surface area (Å²) in [6.07, 6.45) is 0. The third kappa shape index (κ3) is 6.55. The van der Waals surface area contributed by atoms with Crippen LogP contribution in [0.4, 0.5) is 0 Å². The van der Waals surface area contributed by atoms with Gasteiger partial charge in [-0.2, -0.15) is 0 Å². The van der Waals surface area contributed by atoms with Gasteiger partial charge in [0.2, 0.25) is 0 Å². The average Bonchev–Trinajstić information content (AvgIpc) is 2.23. The van der Waals surface area contributed by atoms with E-state index in [1.807, 2.05) is 23.5 Å². The lowest BCUT2D eigenvalue weighted by atomic mass is 10.2. The Kier molecular flexibility index (Phi) is 5.42. The van der Waals surface area contributed by atoms with E-state index in [-0.39, 0.29) is 9.49 Å². The standard InChI is InChI=1S/C16H24S2/c1-15(2,3)17-12-14(18-16(4,5)6)13-10-8-7-9-11-13/h7-12H,1-6H3/b14-12-. The molecule has 100 valence electrons. The maximum Gasteiger partial charge on any atom is 0.0213 e. The zero-order valence-corrected chi connectivity index (χ0v) is 13.9. The van der Waals surface area contributed by atoms with Crippen LogP contribution in [0, 0.1) is 0 Å². The minimum Gasteiger partial charge on any atom is -0.127 e. The minimum absolute atomic E-state index is 0.236. The highest BCUT2D eigenvalue weighted by molar-refractivity contribution is 8.11. The lowest BCUT2D eigenvalue weighted by Crippen LogP contribution is -2.08. The van der Waals surface area contributed by atoms with E-state index in [1.165, 1.54) is 10.5 Å². The van der Waals surface area contributed by atoms with Crippen molar-refractivity contribution in [2.24, 2.45) is 0 Å². The van der Waals surface area contributed by atoms with Gasteiger partial charge in [0.1, 0.15) is 0 Å². The summed E-state index contributed by atoms with van der Waals surface area (Å²) in [4.78, 5) is 1.36. The van der Waals surface area contributed by atoms with Crippen LogP contribution in [-0.4, -0.2) is 9.49 Å². The normalized spacial score (nSPS) is 13.8. The van der Waals surface area contributed by atoms with Gasteiger partial charge in [0.25, 0.3) is 0 Å². The molecule has 1 aromatic rings. The summed E-state index contributed by atoms with van der Waals surface area (Å²) in [5.41, 5.74) is 1.31. The van der Waals surface area contributed by atoms with E-state index in [4.69, 9.17) is 0 Å². The molecule has 0 aliphatic carbocycles. The first-order chi connectivity index (χ1) is 8.17. The van der Waals surface area contributed by atoms with Gasteiger partial charge in [-0.1, -0.05) is 71.9 Å². The van der Waals surface area contributed by atoms with Gasteiger partial charge >= 0.3 is 0 Å². The Hall–Kier alpha value is -0.340. The fourth-order valence-electron chi connectivity index (χ4n) is 1.31. The lowest BCUT2D eigenvalue weighted by Gasteiger charge is -2.22. The van der Waals surface area contributed by atoms with Gasteiger partial charge in [0.05, 0.1) is 0 Å². The first-order valence-corrected chi connectivity index (χ1v) is 7.99. The van der Waals surface area contributed by atoms with Crippen LogP contribution in [0.15, 0.2) is 35.7 Å². The van der Waals surface area contributed by atoms with Gasteiger partial charge in [-0.25, -0.2) is 0 Å². The van der Waals surface area contributed by atoms with Gasteiger partial charge in [-0.15, -0.1) is 23.5 Å². The smallest absolute Gasteiger partial charge is 0.0213 e. The summed E-state index contributed by atoms with van der Waals surface area (Å²) in [5.74, 6) is 0. The number of hydrogen-bond acceptors (Lipinski definition) is 2. The fraction of sp³-hybridized carbons (Fsp3) is 0.500. The molecule has 0 N–H and O–H groups in total. The van der Waals surface area contributed by atoms with Crippen LogP contribution in [-0.2, 0) is 0 Å². The van der Waals surface area contributed by atoms with E-state index in [2.05, 4.69) is 77.3 Å². The van der Waals surface area contributed by atoms with Crippen LogP contribution < -0.4 is 0 Å². The number of hydrogen-bond donors (Lipinski definition) is 0. The molecule has 1 aromatic carbocycles. The molecule has 0 unspecified atom stereocenters. The summed E-state index contributed by atoms with van der Waals surface area (Å²) < 4.78 is 0.499. The summed E-state index contributed by atoms with van der Waals surface area (Å²) in [7, 11) is 0. The van der Waals surface area contributed by atoms with Crippen molar-refractivity contribution in [1.29, 1.82) is 0 Å². The van der Waals surface area contributed by atoms with E-state index in [0.29, 0.717) is 0 Å². The van der Waals surface area contributed by atoms with E-state index in [9.17, 15) is 0 Å². The molecule has 0 saturated heterocycles. The summed E-state index contributed by atoms with van der Waals surface area (Å²) in [6.45, 7) is 13.5. The molecular weight excluding hydrogens is 256 g/mol. The predicted octanol–water partition coefficient (Wildman–Crippen LogP) is 6.05. The van der Waals surface area contributed by atoms with Crippen molar-refractivity contribution < 1.29 is 0 Å². The fourth-order valence-corrected chi connectivity index (χ4v) is 3.16. The summed E-state index contributed by atoms with van der Waals surface area (Å²) in [5, 5.41) is 2.31. The zero-order valence-electron chi connectivity index (χ0n) is 12.3. The maximum absolute atomic E-state index is 2.31. The van der Waals surface area contributed by atoms with Crippen molar-refractivity contribution in [3.8, 4) is 0 Å². The second kappa shape index (κ2) is 6.21. The number of thioether (sulfide) groups is 2. The van der Waals surface area contributed by atoms with Crippen LogP contribution >= 0.6 is 23.5 Å². The monoisotopic (exact) mass is 280 g/mol. The van der Waals surface area contributed by atoms with E-state index < -0.39 is 0 Å². The van der Waals surface area contributed by atoms with Crippen LogP contribution in [0.25, 0.3) is 4.91 Å². The quantitative estimate of drug-likeness (QED) is 0.661. The highest BCUT2D eigenvalue weighted by Crippen LogP contribution is 2.40. The molecule has 0 spiro atoms. The Morgan fingerprint density at radius 1 is 0.889 bits per heavy atom. The Morgan fingerprint density at radius 3 is 1.89 bits per heavy atom. The average molecular weight is 281 g/mol. The SMILES string of the molecule is CC(C)(C)S/C=C(\SC(C)(C)C)c1ccccc1. The molecule has 0 aliphatic rings. The van der Waals surface area contributed by atoms with Crippen LogP contribution in [0.2, 0.25) is 0 Å². The van der Waals surface area contributed by atoms with Crippen molar-refractivity contribution in [2.45, 2.75) is 51.0 Å². The Bertz CT molecular complexity index is 391. The topological polar surface area (TPSA) is 0 Å². The van der Waals surface area contributed by atoms with Crippen molar-refractivity contribution in [1.82, 2.24) is 0 Å². The molecule has 1 rings (SSSR count). The molecule has 0 bridgehead atoms. The van der Waals surface area contributed by atoms with Crippen LogP contribution in [0.1, 0.15) is 47.1 Å². The molecule has 0 radical (unpaired) electrons. The van der Waals surface area contributed by atoms with E-state index in [1.54, 1.807) is 0 Å². The molecule has 0 saturated carbocycles. The first kappa shape index (κ1) is 15.7. The van der Waals surface area contributed by atoms with Crippen molar-refractivity contribution in [3.05, 3.63) is 41.3 Å². The molecule has 0 aliphatic heterocycles. The summed E-state index contributed by atoms with van der Waals surface area (Å²) in [6, 6.07) is 10.7. The van der Waals surface area contributed by atoms with Crippen LogP contribution in [0.5, 0.6) is 0 Å². The summed E-state index contributed by atoms with van der Waals surface area (Å²) >= 11 is 3.83. The predicted molar refractivity (Wildman–Crippen MR) is 89.1 cm³/mol. The van der Waals surface area contributed by atoms with Crippen molar-refractivity contribution in [2.75, 3.05) is 0 Å². The second-order valence-corrected chi connectivity index (χ2v) is 9.86. The molecular formula is C16H24S2. The molecule has 0 heterocycles. The molecule has 0 aromatic heterocycles. The Labute approximate surface area is 121 Å². The number of rotatable bonds is 3. The van der Waals surface area contributed by atoms with Crippen LogP contribution in [0.3, 0.4) is 0 Å². The van der Waals surface area contributed by atoms with E-state index >= 15 is 0 Å². The van der Waals surface area contributed by atoms with Gasteiger partial charge in [-0.3, -0.25) is 0 Å². The molecule has 0 nitrogen and oxygen atoms in total. The van der Waals surface area contributed by atoms with Gasteiger partial charge in [0.15, 0.2) is 0 Å². The van der Waals surface area contributed by atoms with Gasteiger partial charge < -0.3 is 0 Å². The van der Waals surface area contributed by atoms with Crippen molar-refractivity contribution in [3.63, 3.8) is 0 Å². The van der Waals surface area contributed by atoms with Crippen molar-refractivity contribution >= 4 is 28.4 Å². The first-order valence-electron chi connectivity index (χ1n) is 6.30. The molecule has 2 heteroatoms. The third-order valence-corrected chi connectivity index (χ3v) is 4.39. The minimum atomic E-state index is 0.236. The molecule has 18 heavy (non-hydrogen) atoms. The Morgan fingerprint density at radius 2 is 1.44 bits per heavy atom. The van der Waals surface area contributed by atoms with Gasteiger partial charge in [0, 0.05) is 14.4 Å².